The number of hydrogen-bond donors (Lipinski definition) is 2. The molecule has 0 aliphatic heterocycles. The average molecular weight is 368 g/mol. The highest BCUT2D eigenvalue weighted by Crippen LogP contribution is 2.19. The Morgan fingerprint density at radius 1 is 1.41 bits per heavy atom. The van der Waals surface area contributed by atoms with E-state index in [9.17, 15) is 14.3 Å². The number of methoxy groups -OCH3 is 1. The smallest absolute Gasteiger partial charge is 0.356 e. The number of nitrogens with one attached hydrogen (secondary N) is 1. The van der Waals surface area contributed by atoms with Gasteiger partial charge >= 0.3 is 5.97 Å². The summed E-state index contributed by atoms with van der Waals surface area (Å²) in [5.41, 5.74) is 2.46. The number of rotatable bonds is 5. The molecule has 1 heterocycles. The third-order valence-corrected chi connectivity index (χ3v) is 3.11. The molecule has 6 nitrogen and oxygen atoms in total. The highest BCUT2D eigenvalue weighted by Gasteiger charge is 2.15. The van der Waals surface area contributed by atoms with E-state index in [1.807, 2.05) is 0 Å². The van der Waals surface area contributed by atoms with Crippen LogP contribution in [-0.4, -0.2) is 28.9 Å². The van der Waals surface area contributed by atoms with Gasteiger partial charge in [0, 0.05) is 16.2 Å². The predicted molar refractivity (Wildman–Crippen MR) is 82.7 cm³/mol. The number of aromatic nitrogens is 1. The lowest BCUT2D eigenvalue weighted by Crippen LogP contribution is -2.16. The molecule has 2 aromatic rings. The van der Waals surface area contributed by atoms with Gasteiger partial charge in [-0.2, -0.15) is 5.10 Å². The molecule has 0 aliphatic rings. The molecule has 8 heteroatoms. The molecule has 0 unspecified atom stereocenters. The predicted octanol–water partition coefficient (Wildman–Crippen LogP) is 2.89. The van der Waals surface area contributed by atoms with Crippen LogP contribution in [0.4, 0.5) is 10.2 Å². The van der Waals surface area contributed by atoms with Gasteiger partial charge in [-0.05, 0) is 46.3 Å². The van der Waals surface area contributed by atoms with Crippen LogP contribution in [0.25, 0.3) is 0 Å². The second kappa shape index (κ2) is 6.99. The average Bonchev–Trinajstić information content (AvgIpc) is 2.50. The summed E-state index contributed by atoms with van der Waals surface area (Å²) in [5.74, 6) is -1.54. The zero-order valence-corrected chi connectivity index (χ0v) is 13.0. The molecule has 0 amide bonds. The normalized spacial score (nSPS) is 11.1. The Morgan fingerprint density at radius 2 is 2.18 bits per heavy atom. The summed E-state index contributed by atoms with van der Waals surface area (Å²) in [7, 11) is 1.30. The van der Waals surface area contributed by atoms with Crippen LogP contribution in [0.1, 0.15) is 5.56 Å². The Bertz CT molecular complexity index is 720. The molecule has 114 valence electrons. The zero-order valence-electron chi connectivity index (χ0n) is 11.4. The third kappa shape index (κ3) is 3.79. The van der Waals surface area contributed by atoms with Crippen molar-refractivity contribution in [2.45, 2.75) is 0 Å². The molecule has 22 heavy (non-hydrogen) atoms. The summed E-state index contributed by atoms with van der Waals surface area (Å²) in [6.07, 6.45) is 1.54. The van der Waals surface area contributed by atoms with Crippen LogP contribution in [0.15, 0.2) is 46.1 Å². The molecule has 0 aliphatic carbocycles. The molecule has 0 fully saturated rings. The Morgan fingerprint density at radius 3 is 2.77 bits per heavy atom. The minimum atomic E-state index is -1.27. The van der Waals surface area contributed by atoms with Gasteiger partial charge in [0.2, 0.25) is 0 Å². The van der Waals surface area contributed by atoms with Crippen LogP contribution < -0.4 is 10.2 Å². The molecular formula is C14H11BrFN3O3. The highest BCUT2D eigenvalue weighted by molar-refractivity contribution is 9.10. The van der Waals surface area contributed by atoms with E-state index in [4.69, 9.17) is 4.74 Å². The fourth-order valence-electron chi connectivity index (χ4n) is 1.60. The summed E-state index contributed by atoms with van der Waals surface area (Å²) < 4.78 is 19.0. The molecule has 0 spiro atoms. The summed E-state index contributed by atoms with van der Waals surface area (Å²) in [6.45, 7) is 0. The van der Waals surface area contributed by atoms with E-state index in [0.717, 1.165) is 10.5 Å². The van der Waals surface area contributed by atoms with E-state index in [1.54, 1.807) is 18.3 Å². The van der Waals surface area contributed by atoms with E-state index in [1.165, 1.54) is 19.2 Å². The van der Waals surface area contributed by atoms with Crippen molar-refractivity contribution < 1.29 is 19.0 Å². The minimum Gasteiger partial charge on any atom is -0.494 e. The van der Waals surface area contributed by atoms with Gasteiger partial charge in [-0.25, -0.2) is 14.2 Å². The van der Waals surface area contributed by atoms with Crippen molar-refractivity contribution in [1.29, 1.82) is 0 Å². The first kappa shape index (κ1) is 15.9. The summed E-state index contributed by atoms with van der Waals surface area (Å²) in [5, 5.41) is 13.1. The van der Waals surface area contributed by atoms with E-state index in [2.05, 4.69) is 31.4 Å². The zero-order chi connectivity index (χ0) is 16.1. The molecule has 1 aromatic carbocycles. The number of hydrogen-bond acceptors (Lipinski definition) is 5. The first-order valence-electron chi connectivity index (χ1n) is 6.03. The molecule has 1 aromatic heterocycles. The van der Waals surface area contributed by atoms with E-state index in [0.29, 0.717) is 5.82 Å². The summed E-state index contributed by atoms with van der Waals surface area (Å²) in [4.78, 5) is 15.3. The number of carboxylic acid groups (broad SMARTS) is 1. The van der Waals surface area contributed by atoms with Crippen LogP contribution in [0.2, 0.25) is 0 Å². The van der Waals surface area contributed by atoms with Crippen molar-refractivity contribution in [2.24, 2.45) is 5.10 Å². The third-order valence-electron chi connectivity index (χ3n) is 2.64. The van der Waals surface area contributed by atoms with Gasteiger partial charge in [0.25, 0.3) is 0 Å². The van der Waals surface area contributed by atoms with Gasteiger partial charge in [-0.1, -0.05) is 0 Å². The first-order valence-corrected chi connectivity index (χ1v) is 6.83. The molecule has 2 N–H and O–H groups in total. The Labute approximate surface area is 133 Å². The van der Waals surface area contributed by atoms with Crippen molar-refractivity contribution in [3.05, 3.63) is 52.4 Å². The van der Waals surface area contributed by atoms with Crippen molar-refractivity contribution >= 4 is 33.4 Å². The Balaban J connectivity index is 2.31. The van der Waals surface area contributed by atoms with Gasteiger partial charge in [0.05, 0.1) is 7.11 Å². The highest BCUT2D eigenvalue weighted by atomic mass is 79.9. The lowest BCUT2D eigenvalue weighted by molar-refractivity contribution is -0.129. The van der Waals surface area contributed by atoms with E-state index >= 15 is 0 Å². The summed E-state index contributed by atoms with van der Waals surface area (Å²) >= 11 is 3.24. The molecule has 0 radical (unpaired) electrons. The van der Waals surface area contributed by atoms with Crippen LogP contribution in [-0.2, 0) is 4.79 Å². The number of nitrogens with zero attached hydrogens (tertiary/aromatic N) is 2. The number of benzene rings is 1. The molecule has 0 atom stereocenters. The van der Waals surface area contributed by atoms with Gasteiger partial charge in [0.1, 0.15) is 5.82 Å². The van der Waals surface area contributed by atoms with Gasteiger partial charge in [-0.3, -0.25) is 5.43 Å². The maximum absolute atomic E-state index is 13.4. The largest absolute Gasteiger partial charge is 0.494 e. The van der Waals surface area contributed by atoms with Crippen molar-refractivity contribution in [3.63, 3.8) is 0 Å². The number of carbonyl (C=O) groups is 1. The van der Waals surface area contributed by atoms with E-state index in [-0.39, 0.29) is 17.0 Å². The first-order chi connectivity index (χ1) is 10.5. The number of pyridine rings is 1. The van der Waals surface area contributed by atoms with Crippen LogP contribution >= 0.6 is 15.9 Å². The van der Waals surface area contributed by atoms with Gasteiger partial charge < -0.3 is 9.84 Å². The maximum Gasteiger partial charge on any atom is 0.356 e. The van der Waals surface area contributed by atoms with Crippen molar-refractivity contribution in [3.8, 4) is 5.75 Å². The van der Waals surface area contributed by atoms with Crippen molar-refractivity contribution in [2.75, 3.05) is 12.5 Å². The lowest BCUT2D eigenvalue weighted by atomic mass is 10.1. The number of aliphatic carboxylic acids is 1. The lowest BCUT2D eigenvalue weighted by Gasteiger charge is -2.06. The molecular weight excluding hydrogens is 357 g/mol. The Kier molecular flexibility index (Phi) is 5.05. The van der Waals surface area contributed by atoms with Gasteiger partial charge in [0.15, 0.2) is 17.3 Å². The maximum atomic E-state index is 13.4. The molecule has 0 saturated carbocycles. The standard InChI is InChI=1S/C14H11BrFN3O3/c1-22-11-6-8(2-4-10(11)16)13(14(20)21)19-18-12-5-3-9(15)7-17-12/h2-7H,1H3,(H,17,18)(H,20,21). The number of halogens is 2. The number of anilines is 1. The Hall–Kier alpha value is -2.48. The molecule has 2 rings (SSSR count). The van der Waals surface area contributed by atoms with Crippen LogP contribution in [0.5, 0.6) is 5.75 Å². The second-order valence-electron chi connectivity index (χ2n) is 4.09. The summed E-state index contributed by atoms with van der Waals surface area (Å²) in [6, 6.07) is 7.04. The number of carboxylic acids is 1. The molecule has 0 saturated heterocycles. The topological polar surface area (TPSA) is 83.8 Å². The van der Waals surface area contributed by atoms with Gasteiger partial charge in [-0.15, -0.1) is 0 Å². The van der Waals surface area contributed by atoms with E-state index < -0.39 is 11.8 Å². The molecule has 0 bridgehead atoms. The number of ether oxygens (including phenoxy) is 1. The van der Waals surface area contributed by atoms with Crippen LogP contribution in [0.3, 0.4) is 0 Å². The second-order valence-corrected chi connectivity index (χ2v) is 5.00. The number of hydrazone groups is 1. The minimum absolute atomic E-state index is 0.0618. The monoisotopic (exact) mass is 367 g/mol. The fraction of sp³-hybridized carbons (Fsp3) is 0.0714. The van der Waals surface area contributed by atoms with Crippen LogP contribution in [0, 0.1) is 5.82 Å². The SMILES string of the molecule is COc1cc(C(=NNc2ccc(Br)cn2)C(=O)O)ccc1F. The quantitative estimate of drug-likeness (QED) is 0.626. The van der Waals surface area contributed by atoms with Crippen molar-refractivity contribution in [1.82, 2.24) is 4.98 Å². The fourth-order valence-corrected chi connectivity index (χ4v) is 1.83.